The average Bonchev–Trinajstić information content (AvgIpc) is 2.58. The molecule has 0 aliphatic carbocycles. The van der Waals surface area contributed by atoms with E-state index in [4.69, 9.17) is 4.74 Å². The Morgan fingerprint density at radius 3 is 3.00 bits per heavy atom. The average molecular weight is 343 g/mol. The van der Waals surface area contributed by atoms with Gasteiger partial charge in [0.25, 0.3) is 0 Å². The van der Waals surface area contributed by atoms with Gasteiger partial charge in [-0.05, 0) is 52.2 Å². The number of aromatic nitrogens is 3. The van der Waals surface area contributed by atoms with Gasteiger partial charge in [0.15, 0.2) is 5.65 Å². The lowest BCUT2D eigenvalue weighted by Crippen LogP contribution is -2.48. The Morgan fingerprint density at radius 2 is 2.20 bits per heavy atom. The Hall–Kier alpha value is -2.44. The number of carbonyl (C=O) groups is 1. The number of hydrogen-bond donors (Lipinski definition) is 1. The molecule has 3 rings (SSSR count). The summed E-state index contributed by atoms with van der Waals surface area (Å²) >= 11 is 0. The van der Waals surface area contributed by atoms with Crippen molar-refractivity contribution in [3.8, 4) is 0 Å². The number of amides is 1. The molecule has 0 saturated carbocycles. The molecule has 3 heterocycles. The molecule has 7 heteroatoms. The van der Waals surface area contributed by atoms with Gasteiger partial charge in [0, 0.05) is 19.3 Å². The quantitative estimate of drug-likeness (QED) is 0.921. The molecule has 134 valence electrons. The molecular formula is C18H25N5O2. The first-order valence-electron chi connectivity index (χ1n) is 8.74. The van der Waals surface area contributed by atoms with E-state index in [-0.39, 0.29) is 12.1 Å². The number of carbonyl (C=O) groups excluding carboxylic acids is 1. The molecule has 1 unspecified atom stereocenters. The Balaban J connectivity index is 1.65. The first-order chi connectivity index (χ1) is 11.9. The summed E-state index contributed by atoms with van der Waals surface area (Å²) in [5, 5.41) is 3.29. The van der Waals surface area contributed by atoms with Crippen molar-refractivity contribution < 1.29 is 9.53 Å². The first-order valence-corrected chi connectivity index (χ1v) is 8.74. The normalized spacial score (nSPS) is 18.2. The van der Waals surface area contributed by atoms with E-state index in [0.717, 1.165) is 31.3 Å². The van der Waals surface area contributed by atoms with Crippen LogP contribution in [0.2, 0.25) is 0 Å². The number of likely N-dealkylation sites (tertiary alicyclic amines) is 1. The van der Waals surface area contributed by atoms with Crippen LogP contribution in [-0.4, -0.2) is 50.7 Å². The SMILES string of the molecule is CC(C)(C)OC(=O)N1CCCCC1CNc1cnc2cccnc2n1. The second-order valence-corrected chi connectivity index (χ2v) is 7.31. The zero-order valence-corrected chi connectivity index (χ0v) is 15.0. The summed E-state index contributed by atoms with van der Waals surface area (Å²) in [6, 6.07) is 3.81. The summed E-state index contributed by atoms with van der Waals surface area (Å²) in [7, 11) is 0. The van der Waals surface area contributed by atoms with Crippen LogP contribution in [0.25, 0.3) is 11.2 Å². The highest BCUT2D eigenvalue weighted by Gasteiger charge is 2.30. The summed E-state index contributed by atoms with van der Waals surface area (Å²) < 4.78 is 5.54. The van der Waals surface area contributed by atoms with Crippen LogP contribution in [0.3, 0.4) is 0 Å². The Bertz CT molecular complexity index is 744. The Morgan fingerprint density at radius 1 is 1.36 bits per heavy atom. The van der Waals surface area contributed by atoms with E-state index >= 15 is 0 Å². The Labute approximate surface area is 147 Å². The minimum absolute atomic E-state index is 0.0878. The van der Waals surface area contributed by atoms with Gasteiger partial charge in [-0.3, -0.25) is 0 Å². The molecule has 1 fully saturated rings. The summed E-state index contributed by atoms with van der Waals surface area (Å²) in [5.41, 5.74) is 0.892. The van der Waals surface area contributed by atoms with Gasteiger partial charge in [-0.2, -0.15) is 0 Å². The van der Waals surface area contributed by atoms with E-state index in [1.54, 1.807) is 12.4 Å². The monoisotopic (exact) mass is 343 g/mol. The number of nitrogens with zero attached hydrogens (tertiary/aromatic N) is 4. The third kappa shape index (κ3) is 4.55. The third-order valence-corrected chi connectivity index (χ3v) is 4.09. The fourth-order valence-electron chi connectivity index (χ4n) is 2.93. The lowest BCUT2D eigenvalue weighted by Gasteiger charge is -2.36. The van der Waals surface area contributed by atoms with Crippen LogP contribution in [0.15, 0.2) is 24.5 Å². The summed E-state index contributed by atoms with van der Waals surface area (Å²) in [6.07, 6.45) is 6.22. The molecule has 1 saturated heterocycles. The molecule has 0 spiro atoms. The molecule has 7 nitrogen and oxygen atoms in total. The number of ether oxygens (including phenoxy) is 1. The van der Waals surface area contributed by atoms with Crippen molar-refractivity contribution in [2.24, 2.45) is 0 Å². The van der Waals surface area contributed by atoms with Gasteiger partial charge in [0.1, 0.15) is 16.9 Å². The van der Waals surface area contributed by atoms with E-state index < -0.39 is 5.60 Å². The molecule has 25 heavy (non-hydrogen) atoms. The van der Waals surface area contributed by atoms with Gasteiger partial charge < -0.3 is 15.0 Å². The molecule has 1 amide bonds. The van der Waals surface area contributed by atoms with E-state index in [1.807, 2.05) is 37.8 Å². The van der Waals surface area contributed by atoms with Gasteiger partial charge in [-0.1, -0.05) is 0 Å². The number of fused-ring (bicyclic) bond motifs is 1. The van der Waals surface area contributed by atoms with Crippen molar-refractivity contribution in [3.05, 3.63) is 24.5 Å². The van der Waals surface area contributed by atoms with Gasteiger partial charge in [-0.15, -0.1) is 0 Å². The summed E-state index contributed by atoms with van der Waals surface area (Å²) in [4.78, 5) is 27.3. The van der Waals surface area contributed by atoms with Gasteiger partial charge in [0.05, 0.1) is 12.2 Å². The van der Waals surface area contributed by atoms with Crippen LogP contribution >= 0.6 is 0 Å². The highest BCUT2D eigenvalue weighted by molar-refractivity contribution is 5.71. The van der Waals surface area contributed by atoms with Crippen LogP contribution in [0.4, 0.5) is 10.6 Å². The predicted octanol–water partition coefficient (Wildman–Crippen LogP) is 3.23. The molecule has 2 aromatic heterocycles. The second kappa shape index (κ2) is 7.21. The molecule has 1 atom stereocenters. The molecule has 1 aliphatic heterocycles. The molecule has 1 aliphatic rings. The lowest BCUT2D eigenvalue weighted by atomic mass is 10.0. The fourth-order valence-corrected chi connectivity index (χ4v) is 2.93. The van der Waals surface area contributed by atoms with Crippen LogP contribution in [-0.2, 0) is 4.74 Å². The van der Waals surface area contributed by atoms with Crippen LogP contribution in [0.5, 0.6) is 0 Å². The third-order valence-electron chi connectivity index (χ3n) is 4.09. The second-order valence-electron chi connectivity index (χ2n) is 7.31. The number of anilines is 1. The van der Waals surface area contributed by atoms with Crippen molar-refractivity contribution >= 4 is 23.1 Å². The summed E-state index contributed by atoms with van der Waals surface area (Å²) in [5.74, 6) is 0.668. The van der Waals surface area contributed by atoms with Crippen molar-refractivity contribution in [2.75, 3.05) is 18.4 Å². The number of rotatable bonds is 3. The van der Waals surface area contributed by atoms with E-state index in [9.17, 15) is 4.79 Å². The van der Waals surface area contributed by atoms with Gasteiger partial charge >= 0.3 is 6.09 Å². The standard InChI is InChI=1S/C18H25N5O2/c1-18(2,3)25-17(24)23-10-5-4-7-13(23)11-21-15-12-20-14-8-6-9-19-16(14)22-15/h6,8-9,12-13H,4-5,7,10-11H2,1-3H3,(H,19,21,22). The Kier molecular flexibility index (Phi) is 5.01. The van der Waals surface area contributed by atoms with Crippen molar-refractivity contribution in [2.45, 2.75) is 51.7 Å². The van der Waals surface area contributed by atoms with Crippen LogP contribution < -0.4 is 5.32 Å². The van der Waals surface area contributed by atoms with Gasteiger partial charge in [-0.25, -0.2) is 19.7 Å². The van der Waals surface area contributed by atoms with Crippen LogP contribution in [0, 0.1) is 0 Å². The lowest BCUT2D eigenvalue weighted by molar-refractivity contribution is 0.0114. The largest absolute Gasteiger partial charge is 0.444 e. The first kappa shape index (κ1) is 17.4. The highest BCUT2D eigenvalue weighted by Crippen LogP contribution is 2.21. The fraction of sp³-hybridized carbons (Fsp3) is 0.556. The zero-order chi connectivity index (χ0) is 17.9. The van der Waals surface area contributed by atoms with E-state index in [2.05, 4.69) is 20.3 Å². The van der Waals surface area contributed by atoms with Crippen molar-refractivity contribution in [1.29, 1.82) is 0 Å². The number of piperidine rings is 1. The van der Waals surface area contributed by atoms with E-state index in [0.29, 0.717) is 18.0 Å². The van der Waals surface area contributed by atoms with Gasteiger partial charge in [0.2, 0.25) is 0 Å². The maximum atomic E-state index is 12.4. The molecular weight excluding hydrogens is 318 g/mol. The molecule has 1 N–H and O–H groups in total. The zero-order valence-electron chi connectivity index (χ0n) is 15.0. The van der Waals surface area contributed by atoms with Crippen molar-refractivity contribution in [3.63, 3.8) is 0 Å². The number of nitrogens with one attached hydrogen (secondary N) is 1. The number of pyridine rings is 1. The maximum absolute atomic E-state index is 12.4. The predicted molar refractivity (Wildman–Crippen MR) is 96.4 cm³/mol. The molecule has 0 aromatic carbocycles. The topological polar surface area (TPSA) is 80.2 Å². The molecule has 2 aromatic rings. The number of hydrogen-bond acceptors (Lipinski definition) is 6. The maximum Gasteiger partial charge on any atom is 0.410 e. The molecule has 0 bridgehead atoms. The smallest absolute Gasteiger partial charge is 0.410 e. The van der Waals surface area contributed by atoms with Crippen molar-refractivity contribution in [1.82, 2.24) is 19.9 Å². The molecule has 0 radical (unpaired) electrons. The van der Waals surface area contributed by atoms with E-state index in [1.165, 1.54) is 0 Å². The highest BCUT2D eigenvalue weighted by atomic mass is 16.6. The minimum Gasteiger partial charge on any atom is -0.444 e. The summed E-state index contributed by atoms with van der Waals surface area (Å²) in [6.45, 7) is 7.01. The minimum atomic E-state index is -0.484. The van der Waals surface area contributed by atoms with Crippen LogP contribution in [0.1, 0.15) is 40.0 Å².